The predicted molar refractivity (Wildman–Crippen MR) is 228 cm³/mol. The van der Waals surface area contributed by atoms with E-state index in [1.54, 1.807) is 53.6 Å². The van der Waals surface area contributed by atoms with Crippen LogP contribution in [0.25, 0.3) is 10.1 Å². The maximum Gasteiger partial charge on any atom is 0.355 e. The summed E-state index contributed by atoms with van der Waals surface area (Å²) in [5.41, 5.74) is 2.22. The van der Waals surface area contributed by atoms with Crippen LogP contribution >= 0.6 is 18.9 Å². The number of halogens is 1. The lowest BCUT2D eigenvalue weighted by Gasteiger charge is -2.44. The molecule has 8 atom stereocenters. The first-order valence-corrected chi connectivity index (χ1v) is 23.3. The van der Waals surface area contributed by atoms with Gasteiger partial charge in [-0.2, -0.15) is 0 Å². The van der Waals surface area contributed by atoms with Crippen LogP contribution in [-0.2, 0) is 23.7 Å². The summed E-state index contributed by atoms with van der Waals surface area (Å²) in [6.45, 7) is 4.59. The molecule has 2 N–H and O–H groups in total. The summed E-state index contributed by atoms with van der Waals surface area (Å²) < 4.78 is 42.5. The fourth-order valence-electron chi connectivity index (χ4n) is 8.99. The number of rotatable bonds is 14. The summed E-state index contributed by atoms with van der Waals surface area (Å²) in [5.74, 6) is -2.43. The van der Waals surface area contributed by atoms with Gasteiger partial charge in [-0.1, -0.05) is 31.2 Å². The normalized spacial score (nSPS) is 24.5. The van der Waals surface area contributed by atoms with E-state index in [9.17, 15) is 23.7 Å². The molecule has 3 aliphatic heterocycles. The number of amides is 3. The van der Waals surface area contributed by atoms with E-state index in [1.807, 2.05) is 38.2 Å². The minimum atomic E-state index is -4.44. The molecular weight excluding hydrogens is 807 g/mol. The number of para-hydroxylation sites is 1. The van der Waals surface area contributed by atoms with Gasteiger partial charge < -0.3 is 29.3 Å². The number of esters is 1. The van der Waals surface area contributed by atoms with E-state index in [1.165, 1.54) is 30.4 Å². The highest BCUT2D eigenvalue weighted by Gasteiger charge is 2.52. The second-order valence-corrected chi connectivity index (χ2v) is 20.0. The van der Waals surface area contributed by atoms with Gasteiger partial charge in [0.15, 0.2) is 0 Å². The van der Waals surface area contributed by atoms with Crippen molar-refractivity contribution in [2.24, 2.45) is 11.8 Å². The van der Waals surface area contributed by atoms with Gasteiger partial charge in [-0.25, -0.2) is 9.48 Å². The third-order valence-electron chi connectivity index (χ3n) is 12.3. The summed E-state index contributed by atoms with van der Waals surface area (Å²) in [6.07, 6.45) is 7.96. The van der Waals surface area contributed by atoms with Crippen LogP contribution in [0.1, 0.15) is 85.0 Å². The molecule has 16 heteroatoms. The van der Waals surface area contributed by atoms with Gasteiger partial charge >= 0.3 is 13.5 Å². The van der Waals surface area contributed by atoms with Crippen LogP contribution < -0.4 is 19.8 Å². The summed E-state index contributed by atoms with van der Waals surface area (Å²) in [6, 6.07) is 13.9. The summed E-state index contributed by atoms with van der Waals surface area (Å²) in [5, 5.41) is 6.17. The molecule has 13 nitrogen and oxygen atoms in total. The van der Waals surface area contributed by atoms with Gasteiger partial charge in [-0.15, -0.1) is 11.3 Å². The molecule has 0 unspecified atom stereocenters. The van der Waals surface area contributed by atoms with Crippen LogP contribution in [-0.4, -0.2) is 96.4 Å². The Labute approximate surface area is 353 Å². The standard InChI is InChI=1S/C44H52FN6O7PS/c1-5-17-57-44(55)26(2)48-59(56,58-33-9-7-6-8-10-33)40(45)27-11-14-38-30(18-27)22-39(60-38)41(52)47-35-21-29-19-28(29)20-32-12-13-37(51(32)42(35)53)43(54)50-24-31(25-50)34-23-46-16-15-36(34)49(3)4/h6-11,14-16,18,22-23,26,28-29,31-32,35,37,40H,5,12-13,17,19-21,24-25H2,1-4H3,(H,47,52)(H,48,56)/t26-,28-,29+,32+,35-,37-,40-,59-/m0/s1. The largest absolute Gasteiger partial charge is 0.465 e. The lowest BCUT2D eigenvalue weighted by Crippen LogP contribution is -2.59. The number of carbonyl (C=O) groups excluding carboxylic acids is 4. The summed E-state index contributed by atoms with van der Waals surface area (Å²) >= 11 is 1.20. The minimum Gasteiger partial charge on any atom is -0.465 e. The van der Waals surface area contributed by atoms with Crippen molar-refractivity contribution >= 4 is 58.3 Å². The molecule has 2 aromatic heterocycles. The van der Waals surface area contributed by atoms with Crippen LogP contribution in [0.4, 0.5) is 10.1 Å². The van der Waals surface area contributed by atoms with Gasteiger partial charge in [0.05, 0.1) is 11.5 Å². The Bertz CT molecular complexity index is 2310. The third kappa shape index (κ3) is 8.53. The highest BCUT2D eigenvalue weighted by Crippen LogP contribution is 2.58. The molecule has 2 aromatic carbocycles. The van der Waals surface area contributed by atoms with E-state index in [0.717, 1.165) is 30.5 Å². The Balaban J connectivity index is 0.971. The molecule has 8 rings (SSSR count). The zero-order valence-electron chi connectivity index (χ0n) is 34.3. The number of carbonyl (C=O) groups is 4. The topological polar surface area (TPSA) is 150 Å². The van der Waals surface area contributed by atoms with Gasteiger partial charge in [0.2, 0.25) is 17.7 Å². The quantitative estimate of drug-likeness (QED) is 0.0998. The molecule has 0 spiro atoms. The Hall–Kier alpha value is -4.85. The van der Waals surface area contributed by atoms with E-state index >= 15 is 4.39 Å². The van der Waals surface area contributed by atoms with Crippen molar-refractivity contribution in [3.8, 4) is 5.75 Å². The molecule has 4 aliphatic rings. The number of benzene rings is 2. The molecule has 0 radical (unpaired) electrons. The van der Waals surface area contributed by atoms with E-state index in [4.69, 9.17) is 9.26 Å². The van der Waals surface area contributed by atoms with Crippen molar-refractivity contribution in [2.45, 2.75) is 88.4 Å². The van der Waals surface area contributed by atoms with E-state index in [-0.39, 0.29) is 41.7 Å². The fourth-order valence-corrected chi connectivity index (χ4v) is 11.8. The maximum atomic E-state index is 16.6. The number of nitrogens with one attached hydrogen (secondary N) is 2. The number of nitrogens with zero attached hydrogens (tertiary/aromatic N) is 4. The van der Waals surface area contributed by atoms with Gasteiger partial charge in [0, 0.05) is 67.5 Å². The second-order valence-electron chi connectivity index (χ2n) is 16.8. The number of fused-ring (bicyclic) bond motifs is 3. The lowest BCUT2D eigenvalue weighted by atomic mass is 9.90. The van der Waals surface area contributed by atoms with E-state index in [2.05, 4.69) is 20.3 Å². The Morgan fingerprint density at radius 3 is 2.55 bits per heavy atom. The number of pyridine rings is 1. The van der Waals surface area contributed by atoms with E-state index in [0.29, 0.717) is 59.2 Å². The Kier molecular flexibility index (Phi) is 12.0. The zero-order chi connectivity index (χ0) is 42.3. The first-order valence-electron chi connectivity index (χ1n) is 20.8. The number of ether oxygens (including phenoxy) is 1. The maximum absolute atomic E-state index is 16.6. The molecule has 4 fully saturated rings. The van der Waals surface area contributed by atoms with E-state index < -0.39 is 43.4 Å². The fraction of sp³-hybridized carbons (Fsp3) is 0.477. The smallest absolute Gasteiger partial charge is 0.355 e. The first-order chi connectivity index (χ1) is 28.8. The SMILES string of the molecule is CCCOC(=O)[C@H](C)N[P@@](=O)(Oc1ccccc1)[C@H](F)c1ccc2sc(C(=O)N[C@H]3C[C@H]4C[C@H]4C[C@H]4CC[C@@H](C(=O)N5CC(c6cnccc6N(C)C)C5)N4C3=O)cc2c1. The number of alkyl halides is 1. The van der Waals surface area contributed by atoms with Gasteiger partial charge in [-0.3, -0.25) is 28.7 Å². The van der Waals surface area contributed by atoms with Crippen LogP contribution in [0.2, 0.25) is 0 Å². The average molecular weight is 859 g/mol. The van der Waals surface area contributed by atoms with Crippen LogP contribution in [0, 0.1) is 11.8 Å². The second kappa shape index (κ2) is 17.3. The molecule has 0 bridgehead atoms. The average Bonchev–Trinajstić information content (AvgIpc) is 3.57. The van der Waals surface area contributed by atoms with Crippen LogP contribution in [0.15, 0.2) is 73.1 Å². The van der Waals surface area contributed by atoms with Crippen molar-refractivity contribution < 1.29 is 37.4 Å². The number of likely N-dealkylation sites (tertiary alicyclic amines) is 1. The molecule has 3 amide bonds. The zero-order valence-corrected chi connectivity index (χ0v) is 36.0. The summed E-state index contributed by atoms with van der Waals surface area (Å²) in [4.78, 5) is 65.4. The number of hydrogen-bond acceptors (Lipinski definition) is 10. The Morgan fingerprint density at radius 1 is 1.03 bits per heavy atom. The molecule has 318 valence electrons. The third-order valence-corrected chi connectivity index (χ3v) is 15.5. The van der Waals surface area contributed by atoms with Crippen molar-refractivity contribution in [3.05, 3.63) is 89.1 Å². The summed E-state index contributed by atoms with van der Waals surface area (Å²) in [7, 11) is -0.460. The van der Waals surface area contributed by atoms with Crippen molar-refractivity contribution in [2.75, 3.05) is 38.7 Å². The number of aromatic nitrogens is 1. The van der Waals surface area contributed by atoms with Crippen molar-refractivity contribution in [3.63, 3.8) is 0 Å². The molecular formula is C44H52FN6O7PS. The monoisotopic (exact) mass is 858 g/mol. The lowest BCUT2D eigenvalue weighted by molar-refractivity contribution is -0.149. The number of anilines is 1. The molecule has 5 heterocycles. The van der Waals surface area contributed by atoms with Gasteiger partial charge in [-0.05, 0) is 105 Å². The van der Waals surface area contributed by atoms with Crippen molar-refractivity contribution in [1.82, 2.24) is 25.2 Å². The predicted octanol–water partition coefficient (Wildman–Crippen LogP) is 7.05. The van der Waals surface area contributed by atoms with Crippen molar-refractivity contribution in [1.29, 1.82) is 0 Å². The highest BCUT2D eigenvalue weighted by molar-refractivity contribution is 7.57. The van der Waals surface area contributed by atoms with Crippen LogP contribution in [0.5, 0.6) is 5.75 Å². The minimum absolute atomic E-state index is 0.0333. The van der Waals surface area contributed by atoms with Gasteiger partial charge in [0.1, 0.15) is 23.9 Å². The molecule has 1 aliphatic carbocycles. The molecule has 3 saturated heterocycles. The number of hydrogen-bond donors (Lipinski definition) is 2. The van der Waals surface area contributed by atoms with Gasteiger partial charge in [0.25, 0.3) is 5.91 Å². The number of thiophene rings is 1. The van der Waals surface area contributed by atoms with Crippen LogP contribution in [0.3, 0.4) is 0 Å². The molecule has 1 saturated carbocycles. The first kappa shape index (κ1) is 41.9. The highest BCUT2D eigenvalue weighted by atomic mass is 32.1. The molecule has 4 aromatic rings. The molecule has 60 heavy (non-hydrogen) atoms. The Morgan fingerprint density at radius 2 is 1.80 bits per heavy atom.